The van der Waals surface area contributed by atoms with Crippen molar-refractivity contribution >= 4 is 17.3 Å². The second kappa shape index (κ2) is 3.51. The molecule has 5 heteroatoms. The number of nitrogens with zero attached hydrogens (tertiary/aromatic N) is 2. The second-order valence-electron chi connectivity index (χ2n) is 3.28. The van der Waals surface area contributed by atoms with Crippen LogP contribution in [0.15, 0.2) is 18.3 Å². The topological polar surface area (TPSA) is 55.1 Å². The number of aromatic carboxylic acids is 1. The van der Waals surface area contributed by atoms with Gasteiger partial charge >= 0.3 is 5.97 Å². The van der Waals surface area contributed by atoms with Crippen LogP contribution in [0.5, 0.6) is 0 Å². The first-order valence-corrected chi connectivity index (χ1v) is 5.23. The number of carboxylic acids is 1. The fourth-order valence-electron chi connectivity index (χ4n) is 1.39. The number of carbonyl (C=O) groups is 1. The first-order chi connectivity index (χ1) is 7.08. The van der Waals surface area contributed by atoms with Crippen LogP contribution in [0.4, 0.5) is 0 Å². The summed E-state index contributed by atoms with van der Waals surface area (Å²) in [6.45, 7) is 1.98. The lowest BCUT2D eigenvalue weighted by Gasteiger charge is -1.92. The molecule has 0 spiro atoms. The summed E-state index contributed by atoms with van der Waals surface area (Å²) in [6.07, 6.45) is 1.52. The van der Waals surface area contributed by atoms with E-state index >= 15 is 0 Å². The van der Waals surface area contributed by atoms with Crippen molar-refractivity contribution in [3.63, 3.8) is 0 Å². The van der Waals surface area contributed by atoms with Gasteiger partial charge in [0.2, 0.25) is 0 Å². The molecule has 0 amide bonds. The zero-order valence-corrected chi connectivity index (χ0v) is 9.21. The van der Waals surface area contributed by atoms with E-state index < -0.39 is 5.97 Å². The number of rotatable bonds is 2. The Hall–Kier alpha value is -1.62. The second-order valence-corrected chi connectivity index (χ2v) is 4.57. The van der Waals surface area contributed by atoms with Crippen molar-refractivity contribution in [1.29, 1.82) is 0 Å². The van der Waals surface area contributed by atoms with E-state index in [4.69, 9.17) is 5.11 Å². The highest BCUT2D eigenvalue weighted by molar-refractivity contribution is 7.15. The Morgan fingerprint density at radius 2 is 2.27 bits per heavy atom. The van der Waals surface area contributed by atoms with Crippen LogP contribution in [0.3, 0.4) is 0 Å². The summed E-state index contributed by atoms with van der Waals surface area (Å²) in [7, 11) is 1.72. The van der Waals surface area contributed by atoms with Gasteiger partial charge in [-0.05, 0) is 19.1 Å². The van der Waals surface area contributed by atoms with Crippen LogP contribution in [0.1, 0.15) is 15.2 Å². The molecule has 2 rings (SSSR count). The van der Waals surface area contributed by atoms with Crippen molar-refractivity contribution in [3.05, 3.63) is 28.8 Å². The van der Waals surface area contributed by atoms with Gasteiger partial charge in [0.1, 0.15) is 11.3 Å². The van der Waals surface area contributed by atoms with Crippen molar-refractivity contribution in [2.24, 2.45) is 7.05 Å². The smallest absolute Gasteiger partial charge is 0.339 e. The summed E-state index contributed by atoms with van der Waals surface area (Å²) >= 11 is 1.55. The van der Waals surface area contributed by atoms with Crippen molar-refractivity contribution < 1.29 is 9.90 Å². The van der Waals surface area contributed by atoms with Crippen LogP contribution in [-0.4, -0.2) is 20.9 Å². The zero-order chi connectivity index (χ0) is 11.0. The molecule has 0 aliphatic rings. The quantitative estimate of drug-likeness (QED) is 0.847. The lowest BCUT2D eigenvalue weighted by atomic mass is 10.2. The number of aromatic nitrogens is 2. The predicted molar refractivity (Wildman–Crippen MR) is 58.2 cm³/mol. The van der Waals surface area contributed by atoms with E-state index in [1.165, 1.54) is 10.9 Å². The van der Waals surface area contributed by atoms with Crippen LogP contribution >= 0.6 is 11.3 Å². The van der Waals surface area contributed by atoms with Crippen molar-refractivity contribution in [1.82, 2.24) is 9.78 Å². The monoisotopic (exact) mass is 222 g/mol. The van der Waals surface area contributed by atoms with E-state index in [0.717, 1.165) is 9.75 Å². The molecule has 0 unspecified atom stereocenters. The summed E-state index contributed by atoms with van der Waals surface area (Å²) in [5, 5.41) is 13.2. The Balaban J connectivity index is 2.56. The van der Waals surface area contributed by atoms with Gasteiger partial charge in [0.25, 0.3) is 0 Å². The molecule has 0 aliphatic carbocycles. The lowest BCUT2D eigenvalue weighted by Crippen LogP contribution is -1.95. The van der Waals surface area contributed by atoms with E-state index in [1.54, 1.807) is 18.4 Å². The fourth-order valence-corrected chi connectivity index (χ4v) is 2.26. The molecule has 0 atom stereocenters. The van der Waals surface area contributed by atoms with Gasteiger partial charge in [0.05, 0.1) is 4.88 Å². The molecule has 0 aromatic carbocycles. The highest BCUT2D eigenvalue weighted by Crippen LogP contribution is 2.28. The van der Waals surface area contributed by atoms with E-state index in [1.807, 2.05) is 19.1 Å². The van der Waals surface area contributed by atoms with Crippen molar-refractivity contribution in [3.8, 4) is 10.6 Å². The van der Waals surface area contributed by atoms with Gasteiger partial charge < -0.3 is 5.11 Å². The molecule has 4 nitrogen and oxygen atoms in total. The van der Waals surface area contributed by atoms with Crippen LogP contribution in [0.25, 0.3) is 10.6 Å². The third kappa shape index (κ3) is 1.78. The van der Waals surface area contributed by atoms with E-state index in [9.17, 15) is 4.79 Å². The Labute approximate surface area is 90.8 Å². The van der Waals surface area contributed by atoms with Gasteiger partial charge in [-0.2, -0.15) is 5.10 Å². The van der Waals surface area contributed by atoms with E-state index in [2.05, 4.69) is 5.10 Å². The largest absolute Gasteiger partial charge is 0.478 e. The maximum atomic E-state index is 11.0. The summed E-state index contributed by atoms with van der Waals surface area (Å²) < 4.78 is 1.52. The molecular formula is C10H10N2O2S. The highest BCUT2D eigenvalue weighted by atomic mass is 32.1. The van der Waals surface area contributed by atoms with Crippen LogP contribution < -0.4 is 0 Å². The summed E-state index contributed by atoms with van der Waals surface area (Å²) in [5.74, 6) is -0.941. The van der Waals surface area contributed by atoms with Gasteiger partial charge in [-0.25, -0.2) is 4.79 Å². The van der Waals surface area contributed by atoms with Gasteiger partial charge in [-0.1, -0.05) is 0 Å². The summed E-state index contributed by atoms with van der Waals surface area (Å²) in [5.41, 5.74) is 0.794. The molecule has 2 aromatic rings. The Morgan fingerprint density at radius 1 is 1.53 bits per heavy atom. The lowest BCUT2D eigenvalue weighted by molar-refractivity contribution is 0.0697. The Bertz CT molecular complexity index is 513. The molecule has 78 valence electrons. The van der Waals surface area contributed by atoms with E-state index in [0.29, 0.717) is 5.69 Å². The van der Waals surface area contributed by atoms with Crippen LogP contribution in [-0.2, 0) is 7.05 Å². The maximum Gasteiger partial charge on any atom is 0.339 e. The van der Waals surface area contributed by atoms with Crippen molar-refractivity contribution in [2.45, 2.75) is 6.92 Å². The van der Waals surface area contributed by atoms with Gasteiger partial charge in [-0.3, -0.25) is 4.68 Å². The first-order valence-electron chi connectivity index (χ1n) is 4.41. The number of hydrogen-bond acceptors (Lipinski definition) is 3. The van der Waals surface area contributed by atoms with E-state index in [-0.39, 0.29) is 5.56 Å². The highest BCUT2D eigenvalue weighted by Gasteiger charge is 2.16. The van der Waals surface area contributed by atoms with Gasteiger partial charge in [-0.15, -0.1) is 11.3 Å². The normalized spacial score (nSPS) is 10.5. The average molecular weight is 222 g/mol. The minimum Gasteiger partial charge on any atom is -0.478 e. The molecular weight excluding hydrogens is 212 g/mol. The third-order valence-electron chi connectivity index (χ3n) is 2.03. The number of carboxylic acid groups (broad SMARTS) is 1. The Morgan fingerprint density at radius 3 is 2.80 bits per heavy atom. The molecule has 15 heavy (non-hydrogen) atoms. The average Bonchev–Trinajstić information content (AvgIpc) is 2.71. The first kappa shape index (κ1) is 9.92. The molecule has 1 N–H and O–H groups in total. The summed E-state index contributed by atoms with van der Waals surface area (Å²) in [4.78, 5) is 13.0. The Kier molecular flexibility index (Phi) is 2.32. The molecule has 0 saturated carbocycles. The summed E-state index contributed by atoms with van der Waals surface area (Å²) in [6, 6.07) is 3.86. The predicted octanol–water partition coefficient (Wildman–Crippen LogP) is 2.16. The fraction of sp³-hybridized carbons (Fsp3) is 0.200. The SMILES string of the molecule is Cc1ccc(-c2nn(C)cc2C(=O)O)s1. The number of thiophene rings is 1. The molecule has 2 heterocycles. The molecule has 0 aliphatic heterocycles. The molecule has 0 radical (unpaired) electrons. The third-order valence-corrected chi connectivity index (χ3v) is 3.04. The van der Waals surface area contributed by atoms with Gasteiger partial charge in [0, 0.05) is 18.1 Å². The molecule has 0 bridgehead atoms. The van der Waals surface area contributed by atoms with Gasteiger partial charge in [0.15, 0.2) is 0 Å². The van der Waals surface area contributed by atoms with Crippen molar-refractivity contribution in [2.75, 3.05) is 0 Å². The zero-order valence-electron chi connectivity index (χ0n) is 8.39. The minimum absolute atomic E-state index is 0.249. The number of aryl methyl sites for hydroxylation is 2. The standard InChI is InChI=1S/C10H10N2O2S/c1-6-3-4-8(15-6)9-7(10(13)14)5-12(2)11-9/h3-5H,1-2H3,(H,13,14). The molecule has 2 aromatic heterocycles. The molecule has 0 fully saturated rings. The minimum atomic E-state index is -0.941. The van der Waals surface area contributed by atoms with Crippen LogP contribution in [0.2, 0.25) is 0 Å². The maximum absolute atomic E-state index is 11.0. The van der Waals surface area contributed by atoms with Crippen LogP contribution in [0, 0.1) is 6.92 Å². The molecule has 0 saturated heterocycles. The number of hydrogen-bond donors (Lipinski definition) is 1.